The molecule has 0 fully saturated rings. The SMILES string of the molecule is C=CC(=O)N1CCC=C(c2c(F)cc(C(N)=O)c3c2C(C)=C(C)C3)C1. The summed E-state index contributed by atoms with van der Waals surface area (Å²) in [7, 11) is 0. The molecule has 3 rings (SSSR count). The van der Waals surface area contributed by atoms with Gasteiger partial charge in [0.2, 0.25) is 11.8 Å². The summed E-state index contributed by atoms with van der Waals surface area (Å²) in [4.78, 5) is 25.3. The van der Waals surface area contributed by atoms with Gasteiger partial charge in [-0.1, -0.05) is 18.2 Å². The van der Waals surface area contributed by atoms with Crippen LogP contribution in [0.4, 0.5) is 4.39 Å². The van der Waals surface area contributed by atoms with Crippen molar-refractivity contribution in [1.82, 2.24) is 4.90 Å². The number of fused-ring (bicyclic) bond motifs is 1. The summed E-state index contributed by atoms with van der Waals surface area (Å²) in [5.74, 6) is -1.26. The number of carbonyl (C=O) groups excluding carboxylic acids is 2. The quantitative estimate of drug-likeness (QED) is 0.860. The number of benzene rings is 1. The third-order valence-electron chi connectivity index (χ3n) is 5.07. The van der Waals surface area contributed by atoms with Gasteiger partial charge in [0, 0.05) is 24.2 Å². The third kappa shape index (κ3) is 2.80. The van der Waals surface area contributed by atoms with Gasteiger partial charge < -0.3 is 10.6 Å². The lowest BCUT2D eigenvalue weighted by Crippen LogP contribution is -2.34. The van der Waals surface area contributed by atoms with Crippen LogP contribution in [0.15, 0.2) is 30.4 Å². The molecule has 0 unspecified atom stereocenters. The molecule has 1 aromatic rings. The highest BCUT2D eigenvalue weighted by atomic mass is 19.1. The Bertz CT molecular complexity index is 865. The van der Waals surface area contributed by atoms with Gasteiger partial charge in [0.05, 0.1) is 0 Å². The standard InChI is InChI=1S/C20H21FN2O2/c1-4-17(24)23-7-5-6-13(10-23)19-16(21)9-15(20(22)25)14-8-11(2)12(3)18(14)19/h4,6,9H,1,5,7-8,10H2,2-3H3,(H2,22,25). The van der Waals surface area contributed by atoms with Crippen molar-refractivity contribution in [2.75, 3.05) is 13.1 Å². The lowest BCUT2D eigenvalue weighted by atomic mass is 9.88. The van der Waals surface area contributed by atoms with Crippen molar-refractivity contribution in [3.8, 4) is 0 Å². The molecule has 1 heterocycles. The first-order chi connectivity index (χ1) is 11.8. The van der Waals surface area contributed by atoms with E-state index in [0.717, 1.165) is 27.8 Å². The number of nitrogens with two attached hydrogens (primary N) is 1. The summed E-state index contributed by atoms with van der Waals surface area (Å²) in [5, 5.41) is 0. The molecule has 2 amide bonds. The zero-order chi connectivity index (χ0) is 18.3. The largest absolute Gasteiger partial charge is 0.366 e. The van der Waals surface area contributed by atoms with Crippen LogP contribution in [0.5, 0.6) is 0 Å². The number of nitrogens with zero attached hydrogens (tertiary/aromatic N) is 1. The maximum absolute atomic E-state index is 15.0. The second kappa shape index (κ2) is 6.31. The second-order valence-electron chi connectivity index (χ2n) is 6.56. The van der Waals surface area contributed by atoms with Crippen molar-refractivity contribution in [1.29, 1.82) is 0 Å². The fraction of sp³-hybridized carbons (Fsp3) is 0.300. The summed E-state index contributed by atoms with van der Waals surface area (Å²) >= 11 is 0. The second-order valence-corrected chi connectivity index (χ2v) is 6.56. The molecule has 0 saturated heterocycles. The molecule has 2 aliphatic rings. The molecule has 25 heavy (non-hydrogen) atoms. The summed E-state index contributed by atoms with van der Waals surface area (Å²) in [6.45, 7) is 8.35. The van der Waals surface area contributed by atoms with Gasteiger partial charge in [-0.2, -0.15) is 0 Å². The van der Waals surface area contributed by atoms with E-state index in [0.29, 0.717) is 31.5 Å². The lowest BCUT2D eigenvalue weighted by molar-refractivity contribution is -0.125. The number of primary amides is 1. The van der Waals surface area contributed by atoms with Crippen LogP contribution in [0.2, 0.25) is 0 Å². The fourth-order valence-corrected chi connectivity index (χ4v) is 3.68. The Morgan fingerprint density at radius 1 is 1.32 bits per heavy atom. The van der Waals surface area contributed by atoms with Gasteiger partial charge in [0.15, 0.2) is 0 Å². The molecule has 0 spiro atoms. The molecular formula is C20H21FN2O2. The van der Waals surface area contributed by atoms with E-state index in [4.69, 9.17) is 5.73 Å². The minimum atomic E-state index is -0.620. The molecule has 0 saturated carbocycles. The predicted octanol–water partition coefficient (Wildman–Crippen LogP) is 3.08. The maximum Gasteiger partial charge on any atom is 0.249 e. The first kappa shape index (κ1) is 17.1. The molecule has 1 aliphatic heterocycles. The number of carbonyl (C=O) groups is 2. The van der Waals surface area contributed by atoms with Gasteiger partial charge >= 0.3 is 0 Å². The van der Waals surface area contributed by atoms with Crippen LogP contribution in [-0.4, -0.2) is 29.8 Å². The van der Waals surface area contributed by atoms with Crippen LogP contribution in [0, 0.1) is 5.82 Å². The molecule has 0 aromatic heterocycles. The average Bonchev–Trinajstić information content (AvgIpc) is 2.88. The Balaban J connectivity index is 2.16. The Labute approximate surface area is 146 Å². The topological polar surface area (TPSA) is 63.4 Å². The van der Waals surface area contributed by atoms with Crippen molar-refractivity contribution < 1.29 is 14.0 Å². The van der Waals surface area contributed by atoms with E-state index >= 15 is 0 Å². The molecule has 5 heteroatoms. The minimum absolute atomic E-state index is 0.167. The van der Waals surface area contributed by atoms with E-state index in [1.165, 1.54) is 12.1 Å². The van der Waals surface area contributed by atoms with E-state index in [1.807, 2.05) is 19.9 Å². The minimum Gasteiger partial charge on any atom is -0.366 e. The van der Waals surface area contributed by atoms with Crippen molar-refractivity contribution in [2.24, 2.45) is 5.73 Å². The number of rotatable bonds is 3. The first-order valence-electron chi connectivity index (χ1n) is 8.27. The third-order valence-corrected chi connectivity index (χ3v) is 5.07. The van der Waals surface area contributed by atoms with Gasteiger partial charge in [-0.3, -0.25) is 9.59 Å². The van der Waals surface area contributed by atoms with Crippen LogP contribution in [0.25, 0.3) is 11.1 Å². The van der Waals surface area contributed by atoms with Gasteiger partial charge in [0.1, 0.15) is 5.82 Å². The molecule has 0 atom stereocenters. The van der Waals surface area contributed by atoms with Crippen LogP contribution in [-0.2, 0) is 11.2 Å². The number of amides is 2. The zero-order valence-corrected chi connectivity index (χ0v) is 14.5. The van der Waals surface area contributed by atoms with Crippen LogP contribution in [0.3, 0.4) is 0 Å². The van der Waals surface area contributed by atoms with E-state index < -0.39 is 11.7 Å². The highest BCUT2D eigenvalue weighted by Crippen LogP contribution is 2.41. The Hall–Kier alpha value is -2.69. The van der Waals surface area contributed by atoms with Crippen molar-refractivity contribution in [3.05, 3.63) is 58.4 Å². The number of halogens is 1. The fourth-order valence-electron chi connectivity index (χ4n) is 3.68. The van der Waals surface area contributed by atoms with Gasteiger partial charge in [-0.25, -0.2) is 4.39 Å². The van der Waals surface area contributed by atoms with E-state index in [1.54, 1.807) is 4.90 Å². The van der Waals surface area contributed by atoms with Crippen LogP contribution < -0.4 is 5.73 Å². The van der Waals surface area contributed by atoms with Gasteiger partial charge in [-0.15, -0.1) is 0 Å². The molecule has 4 nitrogen and oxygen atoms in total. The molecule has 0 bridgehead atoms. The van der Waals surface area contributed by atoms with Gasteiger partial charge in [-0.05, 0) is 61.1 Å². The monoisotopic (exact) mass is 340 g/mol. The maximum atomic E-state index is 15.0. The molecule has 0 radical (unpaired) electrons. The van der Waals surface area contributed by atoms with Crippen LogP contribution in [0.1, 0.15) is 47.3 Å². The zero-order valence-electron chi connectivity index (χ0n) is 14.5. The number of allylic oxidation sites excluding steroid dienone is 2. The van der Waals surface area contributed by atoms with E-state index in [9.17, 15) is 14.0 Å². The lowest BCUT2D eigenvalue weighted by Gasteiger charge is -2.28. The summed E-state index contributed by atoms with van der Waals surface area (Å²) in [6, 6.07) is 1.23. The highest BCUT2D eigenvalue weighted by Gasteiger charge is 2.30. The van der Waals surface area contributed by atoms with Crippen LogP contribution >= 0.6 is 0 Å². The molecular weight excluding hydrogens is 319 g/mol. The van der Waals surface area contributed by atoms with Gasteiger partial charge in [0.25, 0.3) is 0 Å². The summed E-state index contributed by atoms with van der Waals surface area (Å²) < 4.78 is 15.0. The summed E-state index contributed by atoms with van der Waals surface area (Å²) in [5.41, 5.74) is 10.5. The molecule has 1 aliphatic carbocycles. The molecule has 2 N–H and O–H groups in total. The Kier molecular flexibility index (Phi) is 4.33. The molecule has 130 valence electrons. The highest BCUT2D eigenvalue weighted by molar-refractivity contribution is 5.99. The van der Waals surface area contributed by atoms with Crippen molar-refractivity contribution in [3.63, 3.8) is 0 Å². The van der Waals surface area contributed by atoms with Crippen molar-refractivity contribution in [2.45, 2.75) is 26.7 Å². The number of hydrogen-bond acceptors (Lipinski definition) is 2. The molecule has 1 aromatic carbocycles. The smallest absolute Gasteiger partial charge is 0.249 e. The van der Waals surface area contributed by atoms with Crippen molar-refractivity contribution >= 4 is 23.0 Å². The van der Waals surface area contributed by atoms with E-state index in [-0.39, 0.29) is 11.5 Å². The predicted molar refractivity (Wildman–Crippen MR) is 96.3 cm³/mol. The summed E-state index contributed by atoms with van der Waals surface area (Å²) in [6.07, 6.45) is 4.49. The normalized spacial score (nSPS) is 16.6. The Morgan fingerprint density at radius 3 is 2.68 bits per heavy atom. The van der Waals surface area contributed by atoms with E-state index in [2.05, 4.69) is 6.58 Å². The Morgan fingerprint density at radius 2 is 2.04 bits per heavy atom. The first-order valence-corrected chi connectivity index (χ1v) is 8.27. The average molecular weight is 340 g/mol. The number of hydrogen-bond donors (Lipinski definition) is 1.